The van der Waals surface area contributed by atoms with Gasteiger partial charge in [-0.15, -0.1) is 11.6 Å². The van der Waals surface area contributed by atoms with Crippen LogP contribution in [0.3, 0.4) is 0 Å². The maximum atomic E-state index is 11.6. The number of halogens is 1. The number of thiazole rings is 1. The molecule has 0 aliphatic rings. The van der Waals surface area contributed by atoms with Gasteiger partial charge in [-0.25, -0.2) is 0 Å². The van der Waals surface area contributed by atoms with E-state index in [1.807, 2.05) is 0 Å². The van der Waals surface area contributed by atoms with Gasteiger partial charge in [0, 0.05) is 5.56 Å². The van der Waals surface area contributed by atoms with Crippen molar-refractivity contribution in [1.82, 2.24) is 4.98 Å². The Kier molecular flexibility index (Phi) is 2.63. The summed E-state index contributed by atoms with van der Waals surface area (Å²) in [5.41, 5.74) is 1.30. The van der Waals surface area contributed by atoms with E-state index in [1.54, 1.807) is 25.1 Å². The van der Waals surface area contributed by atoms with Crippen LogP contribution in [-0.4, -0.2) is 16.1 Å². The summed E-state index contributed by atoms with van der Waals surface area (Å²) in [5, 5.41) is -0.543. The van der Waals surface area contributed by atoms with Gasteiger partial charge in [-0.3, -0.25) is 9.59 Å². The van der Waals surface area contributed by atoms with E-state index < -0.39 is 5.38 Å². The number of H-pyrrole nitrogens is 1. The van der Waals surface area contributed by atoms with Crippen LogP contribution in [0.1, 0.15) is 17.3 Å². The van der Waals surface area contributed by atoms with E-state index in [1.165, 1.54) is 0 Å². The predicted molar refractivity (Wildman–Crippen MR) is 62.1 cm³/mol. The lowest BCUT2D eigenvalue weighted by molar-refractivity contribution is 0.0992. The second kappa shape index (κ2) is 3.79. The van der Waals surface area contributed by atoms with E-state index in [2.05, 4.69) is 4.98 Å². The molecule has 0 fully saturated rings. The molecule has 5 heteroatoms. The van der Waals surface area contributed by atoms with Gasteiger partial charge < -0.3 is 4.98 Å². The van der Waals surface area contributed by atoms with Crippen molar-refractivity contribution in [2.45, 2.75) is 12.3 Å². The summed E-state index contributed by atoms with van der Waals surface area (Å²) in [7, 11) is 0. The zero-order chi connectivity index (χ0) is 11.0. The molecule has 0 spiro atoms. The van der Waals surface area contributed by atoms with Gasteiger partial charge in [0.2, 0.25) is 0 Å². The number of benzene rings is 1. The Morgan fingerprint density at radius 2 is 2.27 bits per heavy atom. The molecule has 78 valence electrons. The van der Waals surface area contributed by atoms with Crippen molar-refractivity contribution in [3.63, 3.8) is 0 Å². The Hall–Kier alpha value is -1.13. The molecule has 1 heterocycles. The van der Waals surface area contributed by atoms with Crippen LogP contribution in [0.5, 0.6) is 0 Å². The van der Waals surface area contributed by atoms with E-state index in [-0.39, 0.29) is 10.7 Å². The molecule has 0 saturated heterocycles. The van der Waals surface area contributed by atoms with Crippen LogP contribution < -0.4 is 4.87 Å². The number of alkyl halides is 1. The molecule has 2 rings (SSSR count). The van der Waals surface area contributed by atoms with Gasteiger partial charge in [0.15, 0.2) is 5.78 Å². The predicted octanol–water partition coefficient (Wildman–Crippen LogP) is 2.40. The number of aromatic amines is 1. The van der Waals surface area contributed by atoms with Crippen molar-refractivity contribution in [1.29, 1.82) is 0 Å². The SMILES string of the molecule is CC(Cl)C(=O)c1ccc2[nH]c(=O)sc2c1. The van der Waals surface area contributed by atoms with Crippen molar-refractivity contribution in [3.05, 3.63) is 33.4 Å². The highest BCUT2D eigenvalue weighted by atomic mass is 35.5. The Morgan fingerprint density at radius 1 is 1.53 bits per heavy atom. The fourth-order valence-electron chi connectivity index (χ4n) is 1.33. The normalized spacial score (nSPS) is 12.9. The third-order valence-electron chi connectivity index (χ3n) is 2.07. The Morgan fingerprint density at radius 3 is 2.93 bits per heavy atom. The van der Waals surface area contributed by atoms with Crippen molar-refractivity contribution in [2.75, 3.05) is 0 Å². The molecule has 3 nitrogen and oxygen atoms in total. The number of aromatic nitrogens is 1. The van der Waals surface area contributed by atoms with E-state index in [0.29, 0.717) is 5.56 Å². The van der Waals surface area contributed by atoms with Gasteiger partial charge in [-0.2, -0.15) is 0 Å². The summed E-state index contributed by atoms with van der Waals surface area (Å²) in [4.78, 5) is 25.2. The van der Waals surface area contributed by atoms with Crippen LogP contribution in [0.15, 0.2) is 23.0 Å². The molecule has 1 atom stereocenters. The first-order chi connectivity index (χ1) is 7.08. The molecule has 0 aliphatic carbocycles. The number of Topliss-reactive ketones (excluding diaryl/α,β-unsaturated/α-hetero) is 1. The molecule has 0 saturated carbocycles. The minimum Gasteiger partial charge on any atom is -0.312 e. The van der Waals surface area contributed by atoms with Crippen LogP contribution in [0.4, 0.5) is 0 Å². The van der Waals surface area contributed by atoms with Crippen molar-refractivity contribution in [2.24, 2.45) is 0 Å². The van der Waals surface area contributed by atoms with Gasteiger partial charge in [-0.05, 0) is 25.1 Å². The summed E-state index contributed by atoms with van der Waals surface area (Å²) in [6.07, 6.45) is 0. The topological polar surface area (TPSA) is 49.9 Å². The highest BCUT2D eigenvalue weighted by Gasteiger charge is 2.13. The summed E-state index contributed by atoms with van der Waals surface area (Å²) in [5.74, 6) is -0.126. The van der Waals surface area contributed by atoms with E-state index >= 15 is 0 Å². The van der Waals surface area contributed by atoms with Crippen molar-refractivity contribution < 1.29 is 4.79 Å². The number of fused-ring (bicyclic) bond motifs is 1. The summed E-state index contributed by atoms with van der Waals surface area (Å²) in [6, 6.07) is 5.09. The van der Waals surface area contributed by atoms with Gasteiger partial charge in [0.25, 0.3) is 0 Å². The summed E-state index contributed by atoms with van der Waals surface area (Å²) < 4.78 is 0.781. The third-order valence-corrected chi connectivity index (χ3v) is 3.11. The minimum absolute atomic E-state index is 0.117. The lowest BCUT2D eigenvalue weighted by atomic mass is 10.1. The number of hydrogen-bond donors (Lipinski definition) is 1. The quantitative estimate of drug-likeness (QED) is 0.648. The first kappa shape index (κ1) is 10.4. The Labute approximate surface area is 94.7 Å². The number of carbonyl (C=O) groups is 1. The molecule has 0 radical (unpaired) electrons. The van der Waals surface area contributed by atoms with Crippen LogP contribution >= 0.6 is 22.9 Å². The second-order valence-electron chi connectivity index (χ2n) is 3.21. The maximum Gasteiger partial charge on any atom is 0.305 e. The maximum absolute atomic E-state index is 11.6. The molecule has 0 amide bonds. The van der Waals surface area contributed by atoms with E-state index in [9.17, 15) is 9.59 Å². The average molecular weight is 242 g/mol. The molecule has 15 heavy (non-hydrogen) atoms. The third kappa shape index (κ3) is 1.96. The average Bonchev–Trinajstić information content (AvgIpc) is 2.55. The summed E-state index contributed by atoms with van der Waals surface area (Å²) >= 11 is 6.79. The Balaban J connectivity index is 2.55. The highest BCUT2D eigenvalue weighted by Crippen LogP contribution is 2.18. The fourth-order valence-corrected chi connectivity index (χ4v) is 2.23. The van der Waals surface area contributed by atoms with Gasteiger partial charge in [-0.1, -0.05) is 11.3 Å². The number of carbonyl (C=O) groups excluding carboxylic acids is 1. The lowest BCUT2D eigenvalue weighted by Gasteiger charge is -2.01. The monoisotopic (exact) mass is 241 g/mol. The van der Waals surface area contributed by atoms with Crippen LogP contribution in [0.25, 0.3) is 10.2 Å². The molecule has 1 aromatic heterocycles. The lowest BCUT2D eigenvalue weighted by Crippen LogP contribution is -2.09. The molecule has 2 aromatic rings. The van der Waals surface area contributed by atoms with Crippen LogP contribution in [0.2, 0.25) is 0 Å². The molecule has 0 bridgehead atoms. The Bertz CT molecular complexity index is 570. The zero-order valence-corrected chi connectivity index (χ0v) is 9.48. The first-order valence-corrected chi connectivity index (χ1v) is 5.64. The fraction of sp³-hybridized carbons (Fsp3) is 0.200. The number of rotatable bonds is 2. The van der Waals surface area contributed by atoms with E-state index in [0.717, 1.165) is 21.6 Å². The molecule has 1 unspecified atom stereocenters. The van der Waals surface area contributed by atoms with Gasteiger partial charge in [0.05, 0.1) is 15.6 Å². The zero-order valence-electron chi connectivity index (χ0n) is 7.91. The molecule has 0 aliphatic heterocycles. The molecular formula is C10H8ClNO2S. The summed E-state index contributed by atoms with van der Waals surface area (Å²) in [6.45, 7) is 1.63. The van der Waals surface area contributed by atoms with Gasteiger partial charge >= 0.3 is 4.87 Å². The number of ketones is 1. The molecule has 1 N–H and O–H groups in total. The molecular weight excluding hydrogens is 234 g/mol. The number of nitrogens with one attached hydrogen (secondary N) is 1. The van der Waals surface area contributed by atoms with Crippen molar-refractivity contribution >= 4 is 38.9 Å². The second-order valence-corrected chi connectivity index (χ2v) is 4.88. The van der Waals surface area contributed by atoms with Crippen molar-refractivity contribution in [3.8, 4) is 0 Å². The number of hydrogen-bond acceptors (Lipinski definition) is 3. The smallest absolute Gasteiger partial charge is 0.305 e. The highest BCUT2D eigenvalue weighted by molar-refractivity contribution is 7.16. The van der Waals surface area contributed by atoms with E-state index in [4.69, 9.17) is 11.6 Å². The standard InChI is InChI=1S/C10H8ClNO2S/c1-5(11)9(13)6-2-3-7-8(4-6)15-10(14)12-7/h2-5H,1H3,(H,12,14). The minimum atomic E-state index is -0.543. The molecule has 1 aromatic carbocycles. The van der Waals surface area contributed by atoms with Gasteiger partial charge in [0.1, 0.15) is 0 Å². The first-order valence-electron chi connectivity index (χ1n) is 4.39. The van der Waals surface area contributed by atoms with Crippen LogP contribution in [-0.2, 0) is 0 Å². The largest absolute Gasteiger partial charge is 0.312 e. The van der Waals surface area contributed by atoms with Crippen LogP contribution in [0, 0.1) is 0 Å².